The summed E-state index contributed by atoms with van der Waals surface area (Å²) in [6.07, 6.45) is 18.8. The average Bonchev–Trinajstić information content (AvgIpc) is 3.26. The van der Waals surface area contributed by atoms with Crippen molar-refractivity contribution in [2.24, 2.45) is 17.8 Å². The summed E-state index contributed by atoms with van der Waals surface area (Å²) in [7, 11) is 0. The van der Waals surface area contributed by atoms with Gasteiger partial charge in [-0.1, -0.05) is 62.5 Å². The van der Waals surface area contributed by atoms with Crippen LogP contribution in [0.5, 0.6) is 0 Å². The Hall–Kier alpha value is -1.65. The predicted octanol–water partition coefficient (Wildman–Crippen LogP) is 5.49. The first-order chi connectivity index (χ1) is 14.7. The summed E-state index contributed by atoms with van der Waals surface area (Å²) in [5.74, 6) is 2.21. The fourth-order valence-electron chi connectivity index (χ4n) is 5.08. The molecule has 2 aliphatic rings. The molecule has 0 bridgehead atoms. The Morgan fingerprint density at radius 2 is 2.10 bits per heavy atom. The number of rotatable bonds is 13. The number of aromatic nitrogens is 1. The molecular formula is C26H40N2O2. The Labute approximate surface area is 182 Å². The SMILES string of the molecule is CCCCC[C@H](O)C=C[C@@H]1[C@H]2CC(CCCCCNc3ccccn3)=C[C@H]2C[C@H]1O. The maximum atomic E-state index is 10.5. The smallest absolute Gasteiger partial charge is 0.125 e. The van der Waals surface area contributed by atoms with Crippen LogP contribution in [-0.4, -0.2) is 33.9 Å². The fraction of sp³-hybridized carbons (Fsp3) is 0.654. The van der Waals surface area contributed by atoms with Gasteiger partial charge in [0.15, 0.2) is 0 Å². The van der Waals surface area contributed by atoms with Crippen molar-refractivity contribution in [3.63, 3.8) is 0 Å². The third-order valence-corrected chi connectivity index (χ3v) is 6.75. The molecule has 0 aromatic carbocycles. The number of hydrogen-bond donors (Lipinski definition) is 3. The molecule has 166 valence electrons. The number of anilines is 1. The maximum Gasteiger partial charge on any atom is 0.125 e. The van der Waals surface area contributed by atoms with E-state index in [9.17, 15) is 10.2 Å². The van der Waals surface area contributed by atoms with Crippen LogP contribution < -0.4 is 5.32 Å². The lowest BCUT2D eigenvalue weighted by atomic mass is 9.88. The number of aliphatic hydroxyl groups is 2. The Bertz CT molecular complexity index is 673. The van der Waals surface area contributed by atoms with Crippen LogP contribution in [0, 0.1) is 17.8 Å². The number of pyridine rings is 1. The van der Waals surface area contributed by atoms with Gasteiger partial charge in [-0.3, -0.25) is 0 Å². The second-order valence-corrected chi connectivity index (χ2v) is 9.14. The van der Waals surface area contributed by atoms with Crippen LogP contribution in [0.4, 0.5) is 5.82 Å². The third kappa shape index (κ3) is 6.95. The fourth-order valence-corrected chi connectivity index (χ4v) is 5.08. The standard InChI is InChI=1S/C26H40N2O2/c1-2-3-5-11-22(29)13-14-23-24-18-20(17-21(24)19-25(23)30)10-6-4-8-15-27-26-12-7-9-16-28-26/h7,9,12-14,16-17,21-25,29-30H,2-6,8,10-11,15,18-19H2,1H3,(H,27,28)/t21-,22-,23+,24-,25+/m0/s1. The van der Waals surface area contributed by atoms with Crippen molar-refractivity contribution in [3.05, 3.63) is 48.2 Å². The molecule has 0 amide bonds. The number of nitrogens with one attached hydrogen (secondary N) is 1. The molecule has 1 aromatic rings. The number of nitrogens with zero attached hydrogens (tertiary/aromatic N) is 1. The van der Waals surface area contributed by atoms with E-state index >= 15 is 0 Å². The van der Waals surface area contributed by atoms with Crippen LogP contribution in [-0.2, 0) is 0 Å². The lowest BCUT2D eigenvalue weighted by Gasteiger charge is -2.19. The molecule has 1 aromatic heterocycles. The van der Waals surface area contributed by atoms with Crippen molar-refractivity contribution in [1.82, 2.24) is 4.98 Å². The zero-order chi connectivity index (χ0) is 21.2. The molecule has 4 nitrogen and oxygen atoms in total. The van der Waals surface area contributed by atoms with Crippen molar-refractivity contribution in [1.29, 1.82) is 0 Å². The summed E-state index contributed by atoms with van der Waals surface area (Å²) >= 11 is 0. The third-order valence-electron chi connectivity index (χ3n) is 6.75. The molecule has 0 saturated heterocycles. The minimum atomic E-state index is -0.365. The van der Waals surface area contributed by atoms with Gasteiger partial charge in [0.05, 0.1) is 12.2 Å². The monoisotopic (exact) mass is 412 g/mol. The molecule has 4 heteroatoms. The van der Waals surface area contributed by atoms with Crippen LogP contribution in [0.1, 0.15) is 71.1 Å². The van der Waals surface area contributed by atoms with Gasteiger partial charge in [0.1, 0.15) is 5.82 Å². The lowest BCUT2D eigenvalue weighted by molar-refractivity contribution is 0.139. The van der Waals surface area contributed by atoms with Gasteiger partial charge >= 0.3 is 0 Å². The average molecular weight is 413 g/mol. The van der Waals surface area contributed by atoms with Gasteiger partial charge < -0.3 is 15.5 Å². The normalized spacial score (nSPS) is 26.7. The van der Waals surface area contributed by atoms with Crippen LogP contribution in [0.15, 0.2) is 48.2 Å². The Morgan fingerprint density at radius 3 is 2.90 bits per heavy atom. The number of hydrogen-bond acceptors (Lipinski definition) is 4. The molecular weight excluding hydrogens is 372 g/mol. The van der Waals surface area contributed by atoms with E-state index in [2.05, 4.69) is 29.4 Å². The maximum absolute atomic E-state index is 10.5. The van der Waals surface area contributed by atoms with Gasteiger partial charge in [0.25, 0.3) is 0 Å². The highest BCUT2D eigenvalue weighted by Gasteiger charge is 2.43. The minimum absolute atomic E-state index is 0.201. The first kappa shape index (κ1) is 23.0. The van der Waals surface area contributed by atoms with Crippen LogP contribution in [0.2, 0.25) is 0 Å². The highest BCUT2D eigenvalue weighted by Crippen LogP contribution is 2.48. The van der Waals surface area contributed by atoms with E-state index in [4.69, 9.17) is 0 Å². The second-order valence-electron chi connectivity index (χ2n) is 9.14. The molecule has 0 aliphatic heterocycles. The van der Waals surface area contributed by atoms with Crippen LogP contribution >= 0.6 is 0 Å². The number of fused-ring (bicyclic) bond motifs is 1. The Morgan fingerprint density at radius 1 is 1.20 bits per heavy atom. The van der Waals surface area contributed by atoms with E-state index in [-0.39, 0.29) is 18.1 Å². The van der Waals surface area contributed by atoms with Gasteiger partial charge in [0.2, 0.25) is 0 Å². The molecule has 3 N–H and O–H groups in total. The predicted molar refractivity (Wildman–Crippen MR) is 124 cm³/mol. The van der Waals surface area contributed by atoms with E-state index in [1.807, 2.05) is 30.5 Å². The molecule has 1 saturated carbocycles. The van der Waals surface area contributed by atoms with Crippen LogP contribution in [0.25, 0.3) is 0 Å². The minimum Gasteiger partial charge on any atom is -0.392 e. The molecule has 0 unspecified atom stereocenters. The molecule has 0 radical (unpaired) electrons. The first-order valence-electron chi connectivity index (χ1n) is 12.1. The molecule has 1 fully saturated rings. The van der Waals surface area contributed by atoms with Gasteiger partial charge in [-0.15, -0.1) is 0 Å². The van der Waals surface area contributed by atoms with Crippen molar-refractivity contribution in [3.8, 4) is 0 Å². The van der Waals surface area contributed by atoms with Crippen molar-refractivity contribution in [2.75, 3.05) is 11.9 Å². The van der Waals surface area contributed by atoms with E-state index in [0.717, 1.165) is 44.5 Å². The Kier molecular flexibility index (Phi) is 9.41. The van der Waals surface area contributed by atoms with Crippen molar-refractivity contribution >= 4 is 5.82 Å². The van der Waals surface area contributed by atoms with E-state index < -0.39 is 0 Å². The van der Waals surface area contributed by atoms with Gasteiger partial charge in [-0.2, -0.15) is 0 Å². The molecule has 5 atom stereocenters. The topological polar surface area (TPSA) is 65.4 Å². The van der Waals surface area contributed by atoms with E-state index in [1.165, 1.54) is 32.1 Å². The summed E-state index contributed by atoms with van der Waals surface area (Å²) in [4.78, 5) is 4.29. The van der Waals surface area contributed by atoms with Crippen LogP contribution in [0.3, 0.4) is 0 Å². The quantitative estimate of drug-likeness (QED) is 0.296. The number of unbranched alkanes of at least 4 members (excludes halogenated alkanes) is 4. The molecule has 0 spiro atoms. The van der Waals surface area contributed by atoms with Crippen molar-refractivity contribution in [2.45, 2.75) is 83.3 Å². The van der Waals surface area contributed by atoms with E-state index in [0.29, 0.717) is 11.8 Å². The first-order valence-corrected chi connectivity index (χ1v) is 12.1. The summed E-state index contributed by atoms with van der Waals surface area (Å²) in [6.45, 7) is 3.15. The highest BCUT2D eigenvalue weighted by atomic mass is 16.3. The zero-order valence-corrected chi connectivity index (χ0v) is 18.5. The largest absolute Gasteiger partial charge is 0.392 e. The second kappa shape index (κ2) is 12.3. The van der Waals surface area contributed by atoms with Gasteiger partial charge in [-0.05, 0) is 62.5 Å². The van der Waals surface area contributed by atoms with Gasteiger partial charge in [-0.25, -0.2) is 4.98 Å². The summed E-state index contributed by atoms with van der Waals surface area (Å²) in [5.41, 5.74) is 1.58. The Balaban J connectivity index is 1.34. The molecule has 30 heavy (non-hydrogen) atoms. The summed E-state index contributed by atoms with van der Waals surface area (Å²) in [5, 5.41) is 24.1. The zero-order valence-electron chi connectivity index (χ0n) is 18.5. The molecule has 3 rings (SSSR count). The molecule has 1 heterocycles. The molecule has 2 aliphatic carbocycles. The van der Waals surface area contributed by atoms with Gasteiger partial charge in [0, 0.05) is 18.7 Å². The summed E-state index contributed by atoms with van der Waals surface area (Å²) in [6, 6.07) is 5.95. The summed E-state index contributed by atoms with van der Waals surface area (Å²) < 4.78 is 0. The van der Waals surface area contributed by atoms with Crippen molar-refractivity contribution < 1.29 is 10.2 Å². The highest BCUT2D eigenvalue weighted by molar-refractivity contribution is 5.32. The van der Waals surface area contributed by atoms with E-state index in [1.54, 1.807) is 5.57 Å². The number of aliphatic hydroxyl groups excluding tert-OH is 2. The lowest BCUT2D eigenvalue weighted by Crippen LogP contribution is -2.18. The number of allylic oxidation sites excluding steroid dienone is 2.